The number of carbonyl (C=O) groups is 1. The van der Waals surface area contributed by atoms with Crippen molar-refractivity contribution in [1.82, 2.24) is 9.80 Å². The highest BCUT2D eigenvalue weighted by Gasteiger charge is 2.40. The molecule has 1 amide bonds. The van der Waals surface area contributed by atoms with Gasteiger partial charge in [-0.2, -0.15) is 0 Å². The largest absolute Gasteiger partial charge is 0.396 e. The number of aliphatic hydroxyl groups excluding tert-OH is 1. The van der Waals surface area contributed by atoms with Crippen molar-refractivity contribution >= 4 is 5.91 Å². The van der Waals surface area contributed by atoms with E-state index in [1.807, 2.05) is 4.90 Å². The van der Waals surface area contributed by atoms with E-state index in [0.29, 0.717) is 19.1 Å². The molecule has 0 aromatic rings. The fraction of sp³-hybridized carbons (Fsp3) is 0.944. The molecule has 2 heterocycles. The molecule has 0 bridgehead atoms. The summed E-state index contributed by atoms with van der Waals surface area (Å²) >= 11 is 0. The number of hydrogen-bond donors (Lipinski definition) is 1. The summed E-state index contributed by atoms with van der Waals surface area (Å²) in [5, 5.41) is 9.53. The van der Waals surface area contributed by atoms with E-state index >= 15 is 0 Å². The third kappa shape index (κ3) is 4.46. The van der Waals surface area contributed by atoms with Gasteiger partial charge in [-0.05, 0) is 12.3 Å². The van der Waals surface area contributed by atoms with E-state index in [-0.39, 0.29) is 12.0 Å². The van der Waals surface area contributed by atoms with Crippen molar-refractivity contribution in [1.29, 1.82) is 0 Å². The molecule has 0 aromatic carbocycles. The van der Waals surface area contributed by atoms with Crippen LogP contribution in [0.15, 0.2) is 0 Å². The van der Waals surface area contributed by atoms with Crippen LogP contribution in [-0.2, 0) is 9.53 Å². The van der Waals surface area contributed by atoms with Gasteiger partial charge in [0.05, 0.1) is 25.2 Å². The van der Waals surface area contributed by atoms with Crippen LogP contribution in [0.3, 0.4) is 0 Å². The van der Waals surface area contributed by atoms with Crippen LogP contribution < -0.4 is 0 Å². The Morgan fingerprint density at radius 1 is 1.09 bits per heavy atom. The van der Waals surface area contributed by atoms with Crippen molar-refractivity contribution < 1.29 is 14.6 Å². The number of amides is 1. The summed E-state index contributed by atoms with van der Waals surface area (Å²) in [6.07, 6.45) is 8.57. The van der Waals surface area contributed by atoms with E-state index in [4.69, 9.17) is 4.74 Å². The molecular formula is C18H32N2O3. The number of piperazine rings is 1. The molecule has 5 heteroatoms. The normalized spacial score (nSPS) is 26.0. The van der Waals surface area contributed by atoms with Gasteiger partial charge in [-0.1, -0.05) is 32.1 Å². The molecule has 2 saturated heterocycles. The topological polar surface area (TPSA) is 53.0 Å². The van der Waals surface area contributed by atoms with E-state index in [1.54, 1.807) is 0 Å². The zero-order valence-corrected chi connectivity index (χ0v) is 14.3. The van der Waals surface area contributed by atoms with Gasteiger partial charge in [0, 0.05) is 39.1 Å². The van der Waals surface area contributed by atoms with Crippen molar-refractivity contribution in [2.75, 3.05) is 52.5 Å². The molecule has 1 saturated carbocycles. The average Bonchev–Trinajstić information content (AvgIpc) is 2.57. The highest BCUT2D eigenvalue weighted by molar-refractivity contribution is 5.76. The number of rotatable bonds is 6. The third-order valence-corrected chi connectivity index (χ3v) is 5.93. The van der Waals surface area contributed by atoms with E-state index in [2.05, 4.69) is 4.90 Å². The second kappa shape index (κ2) is 7.95. The van der Waals surface area contributed by atoms with E-state index in [1.165, 1.54) is 32.1 Å². The SMILES string of the molecule is O=C(CCC1CCCCC1)N1CCN(CC2(CO)COC2)CC1. The number of aliphatic hydroxyl groups is 1. The molecule has 1 N–H and O–H groups in total. The summed E-state index contributed by atoms with van der Waals surface area (Å²) in [5.41, 5.74) is -0.0485. The minimum absolute atomic E-state index is 0.0485. The zero-order chi connectivity index (χ0) is 16.1. The lowest BCUT2D eigenvalue weighted by molar-refractivity contribution is -0.152. The van der Waals surface area contributed by atoms with Crippen LogP contribution in [-0.4, -0.2) is 73.4 Å². The molecule has 23 heavy (non-hydrogen) atoms. The smallest absolute Gasteiger partial charge is 0.222 e. The van der Waals surface area contributed by atoms with Gasteiger partial charge in [-0.15, -0.1) is 0 Å². The Morgan fingerprint density at radius 3 is 2.35 bits per heavy atom. The van der Waals surface area contributed by atoms with Crippen LogP contribution in [0.5, 0.6) is 0 Å². The molecule has 3 rings (SSSR count). The highest BCUT2D eigenvalue weighted by Crippen LogP contribution is 2.29. The molecular weight excluding hydrogens is 292 g/mol. The van der Waals surface area contributed by atoms with Crippen molar-refractivity contribution in [2.24, 2.45) is 11.3 Å². The predicted molar refractivity (Wildman–Crippen MR) is 89.2 cm³/mol. The third-order valence-electron chi connectivity index (χ3n) is 5.93. The van der Waals surface area contributed by atoms with Crippen molar-refractivity contribution in [3.63, 3.8) is 0 Å². The summed E-state index contributed by atoms with van der Waals surface area (Å²) < 4.78 is 5.27. The van der Waals surface area contributed by atoms with Gasteiger partial charge in [0.15, 0.2) is 0 Å². The minimum atomic E-state index is -0.0485. The van der Waals surface area contributed by atoms with Gasteiger partial charge in [0.2, 0.25) is 5.91 Å². The quantitative estimate of drug-likeness (QED) is 0.804. The Bertz CT molecular complexity index is 378. The van der Waals surface area contributed by atoms with Crippen LogP contribution in [0, 0.1) is 11.3 Å². The molecule has 132 valence electrons. The van der Waals surface area contributed by atoms with Crippen molar-refractivity contribution in [3.8, 4) is 0 Å². The molecule has 2 aliphatic heterocycles. The molecule has 0 radical (unpaired) electrons. The Balaban J connectivity index is 1.35. The van der Waals surface area contributed by atoms with Gasteiger partial charge < -0.3 is 14.7 Å². The molecule has 0 spiro atoms. The minimum Gasteiger partial charge on any atom is -0.396 e. The molecule has 5 nitrogen and oxygen atoms in total. The Kier molecular flexibility index (Phi) is 5.94. The van der Waals surface area contributed by atoms with Gasteiger partial charge in [0.25, 0.3) is 0 Å². The van der Waals surface area contributed by atoms with Crippen LogP contribution in [0.1, 0.15) is 44.9 Å². The number of ether oxygens (including phenoxy) is 1. The summed E-state index contributed by atoms with van der Waals surface area (Å²) in [7, 11) is 0. The highest BCUT2D eigenvalue weighted by atomic mass is 16.5. The summed E-state index contributed by atoms with van der Waals surface area (Å²) in [5.74, 6) is 1.14. The number of nitrogens with zero attached hydrogens (tertiary/aromatic N) is 2. The maximum atomic E-state index is 12.4. The summed E-state index contributed by atoms with van der Waals surface area (Å²) in [4.78, 5) is 16.8. The van der Waals surface area contributed by atoms with Crippen LogP contribution in [0.25, 0.3) is 0 Å². The lowest BCUT2D eigenvalue weighted by Gasteiger charge is -2.45. The molecule has 0 atom stereocenters. The predicted octanol–water partition coefficient (Wildman–Crippen LogP) is 1.50. The molecule has 3 fully saturated rings. The first-order chi connectivity index (χ1) is 11.2. The first-order valence-electron chi connectivity index (χ1n) is 9.39. The second-order valence-corrected chi connectivity index (χ2v) is 7.85. The molecule has 0 aromatic heterocycles. The first-order valence-corrected chi connectivity index (χ1v) is 9.39. The monoisotopic (exact) mass is 324 g/mol. The van der Waals surface area contributed by atoms with Crippen LogP contribution in [0.4, 0.5) is 0 Å². The van der Waals surface area contributed by atoms with Gasteiger partial charge >= 0.3 is 0 Å². The summed E-state index contributed by atoms with van der Waals surface area (Å²) in [6, 6.07) is 0. The lowest BCUT2D eigenvalue weighted by atomic mass is 9.86. The number of carbonyl (C=O) groups excluding carboxylic acids is 1. The van der Waals surface area contributed by atoms with Crippen molar-refractivity contribution in [3.05, 3.63) is 0 Å². The zero-order valence-electron chi connectivity index (χ0n) is 14.3. The maximum absolute atomic E-state index is 12.4. The van der Waals surface area contributed by atoms with Crippen LogP contribution >= 0.6 is 0 Å². The van der Waals surface area contributed by atoms with Gasteiger partial charge in [-0.3, -0.25) is 9.69 Å². The Labute approximate surface area is 140 Å². The molecule has 0 unspecified atom stereocenters. The maximum Gasteiger partial charge on any atom is 0.222 e. The van der Waals surface area contributed by atoms with E-state index < -0.39 is 0 Å². The first kappa shape index (κ1) is 17.2. The Hall–Kier alpha value is -0.650. The standard InChI is InChI=1S/C18H32N2O3/c21-13-18(14-23-15-18)12-19-8-10-20(11-9-19)17(22)7-6-16-4-2-1-3-5-16/h16,21H,1-15H2. The van der Waals surface area contributed by atoms with Gasteiger partial charge in [-0.25, -0.2) is 0 Å². The summed E-state index contributed by atoms with van der Waals surface area (Å²) in [6.45, 7) is 5.97. The van der Waals surface area contributed by atoms with E-state index in [0.717, 1.165) is 51.5 Å². The average molecular weight is 324 g/mol. The molecule has 3 aliphatic rings. The second-order valence-electron chi connectivity index (χ2n) is 7.85. The van der Waals surface area contributed by atoms with Gasteiger partial charge in [0.1, 0.15) is 0 Å². The molecule has 1 aliphatic carbocycles. The van der Waals surface area contributed by atoms with E-state index in [9.17, 15) is 9.90 Å². The van der Waals surface area contributed by atoms with Crippen molar-refractivity contribution in [2.45, 2.75) is 44.9 Å². The Morgan fingerprint density at radius 2 is 1.78 bits per heavy atom. The van der Waals surface area contributed by atoms with Crippen LogP contribution in [0.2, 0.25) is 0 Å². The lowest BCUT2D eigenvalue weighted by Crippen LogP contribution is -2.57. The fourth-order valence-corrected chi connectivity index (χ4v) is 4.21. The fourth-order valence-electron chi connectivity index (χ4n) is 4.21. The number of hydrogen-bond acceptors (Lipinski definition) is 4.